The van der Waals surface area contributed by atoms with Crippen LogP contribution >= 0.6 is 0 Å². The Morgan fingerprint density at radius 1 is 1.09 bits per heavy atom. The average Bonchev–Trinajstić information content (AvgIpc) is 2.78. The summed E-state index contributed by atoms with van der Waals surface area (Å²) in [7, 11) is 3.38. The first-order valence-electron chi connectivity index (χ1n) is 12.1. The third-order valence-corrected chi connectivity index (χ3v) is 7.24. The number of allylic oxidation sites excluding steroid dienone is 5. The summed E-state index contributed by atoms with van der Waals surface area (Å²) in [6.07, 6.45) is 14.9. The van der Waals surface area contributed by atoms with Crippen LogP contribution in [-0.2, 0) is 6.42 Å². The summed E-state index contributed by atoms with van der Waals surface area (Å²) >= 11 is 0. The van der Waals surface area contributed by atoms with Crippen LogP contribution in [0.2, 0.25) is 0 Å². The predicted molar refractivity (Wildman–Crippen MR) is 136 cm³/mol. The van der Waals surface area contributed by atoms with Gasteiger partial charge in [-0.15, -0.1) is 0 Å². The van der Waals surface area contributed by atoms with Gasteiger partial charge in [-0.2, -0.15) is 0 Å². The summed E-state index contributed by atoms with van der Waals surface area (Å²) in [5.74, 6) is 1.64. The van der Waals surface area contributed by atoms with Crippen molar-refractivity contribution in [2.24, 2.45) is 5.41 Å². The van der Waals surface area contributed by atoms with Crippen molar-refractivity contribution in [3.8, 4) is 11.5 Å². The Labute approximate surface area is 196 Å². The molecule has 0 aromatic heterocycles. The molecule has 0 saturated heterocycles. The van der Waals surface area contributed by atoms with Crippen molar-refractivity contribution in [2.45, 2.75) is 92.1 Å². The summed E-state index contributed by atoms with van der Waals surface area (Å²) in [5.41, 5.74) is 7.24. The minimum Gasteiger partial charge on any atom is -0.493 e. The van der Waals surface area contributed by atoms with E-state index in [1.807, 2.05) is 12.1 Å². The fourth-order valence-corrected chi connectivity index (χ4v) is 4.46. The minimum atomic E-state index is -0.244. The van der Waals surface area contributed by atoms with Crippen LogP contribution in [0.15, 0.2) is 47.1 Å². The van der Waals surface area contributed by atoms with Crippen molar-refractivity contribution < 1.29 is 14.6 Å². The Morgan fingerprint density at radius 2 is 1.81 bits per heavy atom. The highest BCUT2D eigenvalue weighted by atomic mass is 16.5. The zero-order chi connectivity index (χ0) is 23.7. The molecule has 0 radical (unpaired) electrons. The van der Waals surface area contributed by atoms with Crippen molar-refractivity contribution >= 4 is 0 Å². The Bertz CT molecular complexity index is 846. The molecule has 3 heteroatoms. The lowest BCUT2D eigenvalue weighted by Crippen LogP contribution is -2.21. The van der Waals surface area contributed by atoms with Gasteiger partial charge in [0.15, 0.2) is 11.5 Å². The van der Waals surface area contributed by atoms with E-state index >= 15 is 0 Å². The van der Waals surface area contributed by atoms with Crippen LogP contribution in [0.3, 0.4) is 0 Å². The van der Waals surface area contributed by atoms with E-state index in [1.54, 1.807) is 14.2 Å². The van der Waals surface area contributed by atoms with Crippen LogP contribution < -0.4 is 9.47 Å². The monoisotopic (exact) mass is 440 g/mol. The molecule has 0 spiro atoms. The molecule has 1 aliphatic carbocycles. The largest absolute Gasteiger partial charge is 0.493 e. The van der Waals surface area contributed by atoms with E-state index in [-0.39, 0.29) is 11.5 Å². The molecule has 0 bridgehead atoms. The number of aliphatic hydroxyl groups excluding tert-OH is 1. The van der Waals surface area contributed by atoms with E-state index in [2.05, 4.69) is 52.8 Å². The van der Waals surface area contributed by atoms with Gasteiger partial charge in [-0.3, -0.25) is 0 Å². The topological polar surface area (TPSA) is 38.7 Å². The van der Waals surface area contributed by atoms with Gasteiger partial charge >= 0.3 is 0 Å². The molecule has 178 valence electrons. The van der Waals surface area contributed by atoms with Crippen molar-refractivity contribution in [1.82, 2.24) is 0 Å². The lowest BCUT2D eigenvalue weighted by atomic mass is 9.76. The van der Waals surface area contributed by atoms with Gasteiger partial charge in [0, 0.05) is 0 Å². The molecular weight excluding hydrogens is 396 g/mol. The lowest BCUT2D eigenvalue weighted by Gasteiger charge is -2.31. The van der Waals surface area contributed by atoms with Crippen LogP contribution in [0.25, 0.3) is 0 Å². The number of ether oxygens (including phenoxy) is 2. The SMILES string of the molecule is COc1ccc(CC/C=C(\C)CC/C(C)=C(\C)CCC2(C)C=CC(O)CC2)c(C)c1OC. The number of hydrogen-bond acceptors (Lipinski definition) is 3. The lowest BCUT2D eigenvalue weighted by molar-refractivity contribution is 0.172. The van der Waals surface area contributed by atoms with Crippen LogP contribution in [0, 0.1) is 12.3 Å². The van der Waals surface area contributed by atoms with Gasteiger partial charge < -0.3 is 14.6 Å². The van der Waals surface area contributed by atoms with Crippen LogP contribution in [0.1, 0.15) is 83.8 Å². The zero-order valence-electron chi connectivity index (χ0n) is 21.4. The first kappa shape index (κ1) is 26.3. The van der Waals surface area contributed by atoms with Gasteiger partial charge in [0.05, 0.1) is 20.3 Å². The number of aryl methyl sites for hydroxylation is 1. The predicted octanol–water partition coefficient (Wildman–Crippen LogP) is 7.51. The normalized spacial score (nSPS) is 22.0. The number of aliphatic hydroxyl groups is 1. The highest BCUT2D eigenvalue weighted by Gasteiger charge is 2.25. The first-order chi connectivity index (χ1) is 15.2. The third-order valence-electron chi connectivity index (χ3n) is 7.24. The Balaban J connectivity index is 1.83. The van der Waals surface area contributed by atoms with Crippen molar-refractivity contribution in [1.29, 1.82) is 0 Å². The second-order valence-corrected chi connectivity index (χ2v) is 9.85. The fraction of sp³-hybridized carbons (Fsp3) is 0.586. The smallest absolute Gasteiger partial charge is 0.163 e. The van der Waals surface area contributed by atoms with Gasteiger partial charge in [0.25, 0.3) is 0 Å². The highest BCUT2D eigenvalue weighted by Crippen LogP contribution is 2.37. The maximum Gasteiger partial charge on any atom is 0.163 e. The van der Waals surface area contributed by atoms with Crippen LogP contribution in [0.5, 0.6) is 11.5 Å². The Kier molecular flexibility index (Phi) is 10.1. The van der Waals surface area contributed by atoms with Gasteiger partial charge in [-0.05, 0) is 102 Å². The molecule has 0 amide bonds. The zero-order valence-corrected chi connectivity index (χ0v) is 21.4. The molecular formula is C29H44O3. The molecule has 1 aliphatic rings. The third kappa shape index (κ3) is 7.55. The van der Waals surface area contributed by atoms with Crippen LogP contribution in [-0.4, -0.2) is 25.4 Å². The number of rotatable bonds is 11. The number of hydrogen-bond donors (Lipinski definition) is 1. The molecule has 0 heterocycles. The van der Waals surface area contributed by atoms with E-state index < -0.39 is 0 Å². The highest BCUT2D eigenvalue weighted by molar-refractivity contribution is 5.50. The summed E-state index contributed by atoms with van der Waals surface area (Å²) in [6.45, 7) is 11.3. The Morgan fingerprint density at radius 3 is 2.44 bits per heavy atom. The average molecular weight is 441 g/mol. The second kappa shape index (κ2) is 12.3. The standard InChI is InChI=1S/C29H44O3/c1-21(9-8-10-25-13-14-27(31-6)28(32-7)24(25)4)11-12-22(2)23(3)15-18-29(5)19-16-26(30)17-20-29/h9,13-14,16,19,26,30H,8,10-12,15,17-18,20H2,1-7H3/b21-9+,23-22+. The Hall–Kier alpha value is -2.00. The van der Waals surface area contributed by atoms with Crippen molar-refractivity contribution in [3.63, 3.8) is 0 Å². The number of benzene rings is 1. The molecule has 0 aliphatic heterocycles. The molecule has 32 heavy (non-hydrogen) atoms. The summed E-state index contributed by atoms with van der Waals surface area (Å²) in [5, 5.41) is 9.70. The molecule has 0 saturated carbocycles. The van der Waals surface area contributed by atoms with Crippen LogP contribution in [0.4, 0.5) is 0 Å². The van der Waals surface area contributed by atoms with E-state index in [4.69, 9.17) is 9.47 Å². The summed E-state index contributed by atoms with van der Waals surface area (Å²) in [4.78, 5) is 0. The maximum atomic E-state index is 9.70. The molecule has 2 atom stereocenters. The first-order valence-corrected chi connectivity index (χ1v) is 12.1. The molecule has 1 N–H and O–H groups in total. The molecule has 3 nitrogen and oxygen atoms in total. The van der Waals surface area contributed by atoms with Gasteiger partial charge in [0.2, 0.25) is 0 Å². The maximum absolute atomic E-state index is 9.70. The molecule has 1 aromatic carbocycles. The van der Waals surface area contributed by atoms with Gasteiger partial charge in [-0.25, -0.2) is 0 Å². The van der Waals surface area contributed by atoms with E-state index in [0.717, 1.165) is 56.4 Å². The van der Waals surface area contributed by atoms with Gasteiger partial charge in [-0.1, -0.05) is 47.9 Å². The minimum absolute atomic E-state index is 0.235. The van der Waals surface area contributed by atoms with Gasteiger partial charge in [0.1, 0.15) is 0 Å². The fourth-order valence-electron chi connectivity index (χ4n) is 4.46. The molecule has 1 aromatic rings. The summed E-state index contributed by atoms with van der Waals surface area (Å²) in [6, 6.07) is 4.15. The van der Waals surface area contributed by atoms with E-state index in [0.29, 0.717) is 0 Å². The van der Waals surface area contributed by atoms with Crippen molar-refractivity contribution in [3.05, 3.63) is 58.2 Å². The quantitative estimate of drug-likeness (QED) is 0.362. The molecule has 2 unspecified atom stereocenters. The molecule has 2 rings (SSSR count). The van der Waals surface area contributed by atoms with E-state index in [9.17, 15) is 5.11 Å². The number of methoxy groups -OCH3 is 2. The summed E-state index contributed by atoms with van der Waals surface area (Å²) < 4.78 is 10.9. The second-order valence-electron chi connectivity index (χ2n) is 9.85. The van der Waals surface area contributed by atoms with Crippen molar-refractivity contribution in [2.75, 3.05) is 14.2 Å². The molecule has 0 fully saturated rings. The van der Waals surface area contributed by atoms with E-state index in [1.165, 1.54) is 34.3 Å².